The van der Waals surface area contributed by atoms with Crippen molar-refractivity contribution >= 4 is 15.9 Å². The van der Waals surface area contributed by atoms with Crippen LogP contribution in [0.1, 0.15) is 11.6 Å². The van der Waals surface area contributed by atoms with E-state index < -0.39 is 0 Å². The number of nitrogens with zero attached hydrogens (tertiary/aromatic N) is 2. The molecule has 2 heterocycles. The maximum atomic E-state index is 4.18. The molecule has 1 saturated heterocycles. The Hall–Kier alpha value is -0.450. The van der Waals surface area contributed by atoms with E-state index in [9.17, 15) is 0 Å². The summed E-state index contributed by atoms with van der Waals surface area (Å²) in [6.45, 7) is 3.23. The van der Waals surface area contributed by atoms with Gasteiger partial charge < -0.3 is 10.2 Å². The largest absolute Gasteiger partial charge is 0.308 e. The Balaban J connectivity index is 2.14. The van der Waals surface area contributed by atoms with Crippen LogP contribution in [0, 0.1) is 0 Å². The van der Waals surface area contributed by atoms with Crippen LogP contribution in [-0.4, -0.2) is 36.6 Å². The van der Waals surface area contributed by atoms with E-state index >= 15 is 0 Å². The monoisotopic (exact) mass is 255 g/mol. The Morgan fingerprint density at radius 3 is 3.14 bits per heavy atom. The summed E-state index contributed by atoms with van der Waals surface area (Å²) >= 11 is 3.44. The zero-order chi connectivity index (χ0) is 9.97. The van der Waals surface area contributed by atoms with Crippen molar-refractivity contribution in [1.29, 1.82) is 0 Å². The van der Waals surface area contributed by atoms with E-state index in [1.165, 1.54) is 5.56 Å². The summed E-state index contributed by atoms with van der Waals surface area (Å²) in [5.74, 6) is 0. The summed E-state index contributed by atoms with van der Waals surface area (Å²) in [6, 6.07) is 2.54. The first-order valence-corrected chi connectivity index (χ1v) is 5.57. The third kappa shape index (κ3) is 2.32. The number of rotatable bonds is 1. The van der Waals surface area contributed by atoms with Gasteiger partial charge in [-0.3, -0.25) is 4.98 Å². The van der Waals surface area contributed by atoms with Crippen LogP contribution in [0.5, 0.6) is 0 Å². The number of aromatic nitrogens is 1. The van der Waals surface area contributed by atoms with Crippen molar-refractivity contribution in [2.45, 2.75) is 6.04 Å². The van der Waals surface area contributed by atoms with Gasteiger partial charge in [0, 0.05) is 42.5 Å². The van der Waals surface area contributed by atoms with Crippen molar-refractivity contribution in [3.8, 4) is 0 Å². The van der Waals surface area contributed by atoms with Crippen molar-refractivity contribution in [3.05, 3.63) is 28.5 Å². The fourth-order valence-electron chi connectivity index (χ4n) is 1.74. The predicted molar refractivity (Wildman–Crippen MR) is 60.2 cm³/mol. The third-order valence-electron chi connectivity index (χ3n) is 2.51. The Morgan fingerprint density at radius 2 is 2.43 bits per heavy atom. The van der Waals surface area contributed by atoms with Crippen molar-refractivity contribution in [3.63, 3.8) is 0 Å². The summed E-state index contributed by atoms with van der Waals surface area (Å²) in [7, 11) is 2.15. The topological polar surface area (TPSA) is 28.2 Å². The lowest BCUT2D eigenvalue weighted by Crippen LogP contribution is -2.43. The van der Waals surface area contributed by atoms with Gasteiger partial charge in [0.1, 0.15) is 0 Å². The summed E-state index contributed by atoms with van der Waals surface area (Å²) < 4.78 is 1.05. The lowest BCUT2D eigenvalue weighted by atomic mass is 10.1. The molecule has 1 unspecified atom stereocenters. The molecular weight excluding hydrogens is 242 g/mol. The standard InChI is InChI=1S/C10H14BrN3/c1-14-3-2-13-10(7-14)8-4-9(11)6-12-5-8/h4-6,10,13H,2-3,7H2,1H3. The van der Waals surface area contributed by atoms with Crippen LogP contribution < -0.4 is 5.32 Å². The summed E-state index contributed by atoms with van der Waals surface area (Å²) in [4.78, 5) is 6.51. The fraction of sp³-hybridized carbons (Fsp3) is 0.500. The van der Waals surface area contributed by atoms with Gasteiger partial charge in [-0.2, -0.15) is 0 Å². The molecule has 0 radical (unpaired) electrons. The van der Waals surface area contributed by atoms with Crippen LogP contribution in [-0.2, 0) is 0 Å². The molecule has 1 aliphatic heterocycles. The SMILES string of the molecule is CN1CCNC(c2cncc(Br)c2)C1. The molecule has 1 atom stereocenters. The molecule has 0 bridgehead atoms. The van der Waals surface area contributed by atoms with E-state index in [0.717, 1.165) is 24.1 Å². The van der Waals surface area contributed by atoms with Gasteiger partial charge in [-0.05, 0) is 34.6 Å². The van der Waals surface area contributed by atoms with Crippen molar-refractivity contribution in [2.24, 2.45) is 0 Å². The van der Waals surface area contributed by atoms with Crippen LogP contribution >= 0.6 is 15.9 Å². The smallest absolute Gasteiger partial charge is 0.0465 e. The molecule has 4 heteroatoms. The average Bonchev–Trinajstić information content (AvgIpc) is 2.18. The highest BCUT2D eigenvalue weighted by molar-refractivity contribution is 9.10. The number of hydrogen-bond acceptors (Lipinski definition) is 3. The highest BCUT2D eigenvalue weighted by atomic mass is 79.9. The molecule has 0 amide bonds. The summed E-state index contributed by atoms with van der Waals surface area (Å²) in [5, 5.41) is 3.49. The van der Waals surface area contributed by atoms with E-state index in [1.54, 1.807) is 0 Å². The molecule has 0 aromatic carbocycles. The zero-order valence-electron chi connectivity index (χ0n) is 8.20. The van der Waals surface area contributed by atoms with Crippen LogP contribution in [0.2, 0.25) is 0 Å². The molecule has 1 N–H and O–H groups in total. The van der Waals surface area contributed by atoms with Gasteiger partial charge in [0.15, 0.2) is 0 Å². The van der Waals surface area contributed by atoms with E-state index in [2.05, 4.69) is 44.2 Å². The lowest BCUT2D eigenvalue weighted by molar-refractivity contribution is 0.240. The molecular formula is C10H14BrN3. The Kier molecular flexibility index (Phi) is 3.15. The Morgan fingerprint density at radius 1 is 1.57 bits per heavy atom. The first-order valence-electron chi connectivity index (χ1n) is 4.78. The first-order chi connectivity index (χ1) is 6.75. The first kappa shape index (κ1) is 10.1. The predicted octanol–water partition coefficient (Wildman–Crippen LogP) is 1.42. The van der Waals surface area contributed by atoms with E-state index in [1.807, 2.05) is 12.4 Å². The van der Waals surface area contributed by atoms with Gasteiger partial charge in [-0.15, -0.1) is 0 Å². The number of piperazine rings is 1. The molecule has 76 valence electrons. The van der Waals surface area contributed by atoms with Crippen molar-refractivity contribution < 1.29 is 0 Å². The Labute approximate surface area is 92.6 Å². The number of nitrogens with one attached hydrogen (secondary N) is 1. The van der Waals surface area contributed by atoms with Crippen LogP contribution in [0.25, 0.3) is 0 Å². The number of pyridine rings is 1. The van der Waals surface area contributed by atoms with Gasteiger partial charge in [0.05, 0.1) is 0 Å². The molecule has 1 aliphatic rings. The molecule has 1 fully saturated rings. The molecule has 0 saturated carbocycles. The normalized spacial score (nSPS) is 23.7. The quantitative estimate of drug-likeness (QED) is 0.823. The van der Waals surface area contributed by atoms with Gasteiger partial charge in [-0.25, -0.2) is 0 Å². The van der Waals surface area contributed by atoms with Gasteiger partial charge in [-0.1, -0.05) is 0 Å². The molecule has 3 nitrogen and oxygen atoms in total. The van der Waals surface area contributed by atoms with E-state index in [4.69, 9.17) is 0 Å². The molecule has 0 spiro atoms. The summed E-state index contributed by atoms with van der Waals surface area (Å²) in [5.41, 5.74) is 1.26. The number of hydrogen-bond donors (Lipinski definition) is 1. The second kappa shape index (κ2) is 4.38. The van der Waals surface area contributed by atoms with Gasteiger partial charge in [0.2, 0.25) is 0 Å². The maximum Gasteiger partial charge on any atom is 0.0465 e. The molecule has 1 aromatic rings. The van der Waals surface area contributed by atoms with Crippen LogP contribution in [0.4, 0.5) is 0 Å². The zero-order valence-corrected chi connectivity index (χ0v) is 9.79. The Bertz CT molecular complexity index is 316. The number of likely N-dealkylation sites (N-methyl/N-ethyl adjacent to an activating group) is 1. The summed E-state index contributed by atoms with van der Waals surface area (Å²) in [6.07, 6.45) is 3.75. The maximum absolute atomic E-state index is 4.18. The average molecular weight is 256 g/mol. The highest BCUT2D eigenvalue weighted by Gasteiger charge is 2.18. The van der Waals surface area contributed by atoms with Crippen molar-refractivity contribution in [2.75, 3.05) is 26.7 Å². The highest BCUT2D eigenvalue weighted by Crippen LogP contribution is 2.18. The van der Waals surface area contributed by atoms with Gasteiger partial charge in [0.25, 0.3) is 0 Å². The minimum Gasteiger partial charge on any atom is -0.308 e. The third-order valence-corrected chi connectivity index (χ3v) is 2.94. The van der Waals surface area contributed by atoms with E-state index in [-0.39, 0.29) is 0 Å². The second-order valence-electron chi connectivity index (χ2n) is 3.71. The van der Waals surface area contributed by atoms with Crippen LogP contribution in [0.15, 0.2) is 22.9 Å². The minimum atomic E-state index is 0.416. The molecule has 1 aromatic heterocycles. The molecule has 14 heavy (non-hydrogen) atoms. The fourth-order valence-corrected chi connectivity index (χ4v) is 2.12. The van der Waals surface area contributed by atoms with Crippen molar-refractivity contribution in [1.82, 2.24) is 15.2 Å². The van der Waals surface area contributed by atoms with Crippen LogP contribution in [0.3, 0.4) is 0 Å². The minimum absolute atomic E-state index is 0.416. The number of halogens is 1. The second-order valence-corrected chi connectivity index (χ2v) is 4.62. The molecule has 2 rings (SSSR count). The van der Waals surface area contributed by atoms with Gasteiger partial charge >= 0.3 is 0 Å². The lowest BCUT2D eigenvalue weighted by Gasteiger charge is -2.31. The van der Waals surface area contributed by atoms with E-state index in [0.29, 0.717) is 6.04 Å². The molecule has 0 aliphatic carbocycles.